The normalized spacial score (nSPS) is 19.0. The summed E-state index contributed by atoms with van der Waals surface area (Å²) in [4.78, 5) is 23.4. The minimum absolute atomic E-state index is 0.0794. The topological polar surface area (TPSA) is 79.4 Å². The van der Waals surface area contributed by atoms with Gasteiger partial charge in [-0.3, -0.25) is 4.79 Å². The molecule has 3 rings (SSSR count). The van der Waals surface area contributed by atoms with Crippen LogP contribution in [0.3, 0.4) is 0 Å². The van der Waals surface area contributed by atoms with Crippen molar-refractivity contribution < 1.29 is 9.53 Å². The third-order valence-corrected chi connectivity index (χ3v) is 5.60. The fourth-order valence-corrected chi connectivity index (χ4v) is 3.73. The summed E-state index contributed by atoms with van der Waals surface area (Å²) in [7, 11) is 5.51. The fourth-order valence-electron chi connectivity index (χ4n) is 3.30. The molecule has 1 aromatic carbocycles. The van der Waals surface area contributed by atoms with Crippen LogP contribution >= 0.6 is 15.9 Å². The largest absolute Gasteiger partial charge is 0.497 e. The number of benzene rings is 1. The molecule has 0 unspecified atom stereocenters. The molecule has 7 nitrogen and oxygen atoms in total. The number of hydrogen-bond donors (Lipinski definition) is 2. The van der Waals surface area contributed by atoms with E-state index in [9.17, 15) is 4.79 Å². The number of carbonyl (C=O) groups is 1. The Morgan fingerprint density at radius 3 is 2.57 bits per heavy atom. The average molecular weight is 448 g/mol. The summed E-state index contributed by atoms with van der Waals surface area (Å²) in [6, 6.07) is 7.77. The lowest BCUT2D eigenvalue weighted by Crippen LogP contribution is -2.40. The lowest BCUT2D eigenvalue weighted by atomic mass is 9.91. The Hall–Kier alpha value is -2.35. The minimum Gasteiger partial charge on any atom is -0.497 e. The van der Waals surface area contributed by atoms with Crippen LogP contribution in [-0.4, -0.2) is 49.2 Å². The maximum absolute atomic E-state index is 12.6. The fraction of sp³-hybridized carbons (Fsp3) is 0.450. The molecular weight excluding hydrogens is 422 g/mol. The van der Waals surface area contributed by atoms with Gasteiger partial charge in [0.25, 0.3) is 5.91 Å². The van der Waals surface area contributed by atoms with Gasteiger partial charge in [-0.2, -0.15) is 4.98 Å². The molecule has 0 bridgehead atoms. The molecular formula is C20H26BrN5O2. The van der Waals surface area contributed by atoms with Gasteiger partial charge in [0.05, 0.1) is 12.7 Å². The molecule has 0 saturated heterocycles. The van der Waals surface area contributed by atoms with E-state index >= 15 is 0 Å². The number of ether oxygens (including phenoxy) is 1. The van der Waals surface area contributed by atoms with Crippen LogP contribution in [0.1, 0.15) is 36.0 Å². The predicted octanol–water partition coefficient (Wildman–Crippen LogP) is 3.47. The zero-order chi connectivity index (χ0) is 20.1. The van der Waals surface area contributed by atoms with Crippen LogP contribution in [0.2, 0.25) is 0 Å². The summed E-state index contributed by atoms with van der Waals surface area (Å²) in [5.74, 6) is 2.12. The molecule has 1 amide bonds. The van der Waals surface area contributed by atoms with Crippen LogP contribution in [0.15, 0.2) is 34.9 Å². The van der Waals surface area contributed by atoms with Crippen molar-refractivity contribution in [3.63, 3.8) is 0 Å². The average Bonchev–Trinajstić information content (AvgIpc) is 2.70. The summed E-state index contributed by atoms with van der Waals surface area (Å²) in [5.41, 5.74) is 0.591. The Kier molecular flexibility index (Phi) is 6.72. The summed E-state index contributed by atoms with van der Waals surface area (Å²) >= 11 is 3.44. The highest BCUT2D eigenvalue weighted by Crippen LogP contribution is 2.25. The highest BCUT2D eigenvalue weighted by molar-refractivity contribution is 9.10. The summed E-state index contributed by atoms with van der Waals surface area (Å²) < 4.78 is 5.98. The second-order valence-electron chi connectivity index (χ2n) is 7.14. The van der Waals surface area contributed by atoms with Crippen molar-refractivity contribution >= 4 is 33.6 Å². The third kappa shape index (κ3) is 5.13. The van der Waals surface area contributed by atoms with E-state index in [1.54, 1.807) is 19.4 Å². The predicted molar refractivity (Wildman–Crippen MR) is 114 cm³/mol. The number of methoxy groups -OCH3 is 1. The van der Waals surface area contributed by atoms with Gasteiger partial charge < -0.3 is 20.3 Å². The molecule has 2 aromatic rings. The molecule has 1 aliphatic carbocycles. The second kappa shape index (κ2) is 9.23. The molecule has 0 atom stereocenters. The molecule has 1 heterocycles. The van der Waals surface area contributed by atoms with Gasteiger partial charge in [-0.25, -0.2) is 4.98 Å². The van der Waals surface area contributed by atoms with Crippen molar-refractivity contribution in [2.24, 2.45) is 0 Å². The van der Waals surface area contributed by atoms with E-state index in [1.807, 2.05) is 37.2 Å². The number of carbonyl (C=O) groups excluding carboxylic acids is 1. The van der Waals surface area contributed by atoms with Crippen molar-refractivity contribution in [3.8, 4) is 5.75 Å². The van der Waals surface area contributed by atoms with E-state index in [2.05, 4.69) is 36.5 Å². The molecule has 1 saturated carbocycles. The van der Waals surface area contributed by atoms with E-state index in [1.165, 1.54) is 0 Å². The van der Waals surface area contributed by atoms with E-state index in [4.69, 9.17) is 4.74 Å². The maximum Gasteiger partial charge on any atom is 0.252 e. The molecule has 8 heteroatoms. The molecule has 1 fully saturated rings. The summed E-state index contributed by atoms with van der Waals surface area (Å²) in [6.07, 6.45) is 5.51. The maximum atomic E-state index is 12.6. The number of nitrogens with one attached hydrogen (secondary N) is 2. The standard InChI is InChI=1S/C20H26BrN5O2/c1-26(2)18-10-11-22-20(25-18)24-14-6-4-13(5-7-14)23-19(27)16-12-15(28-3)8-9-17(16)21/h8-14H,4-7H2,1-3H3,(H,23,27)(H,22,24,25)/t13-,14+. The van der Waals surface area contributed by atoms with Crippen LogP contribution < -0.4 is 20.3 Å². The van der Waals surface area contributed by atoms with E-state index in [-0.39, 0.29) is 11.9 Å². The first-order valence-corrected chi connectivity index (χ1v) is 10.2. The van der Waals surface area contributed by atoms with E-state index in [0.717, 1.165) is 36.0 Å². The Labute approximate surface area is 174 Å². The highest BCUT2D eigenvalue weighted by atomic mass is 79.9. The number of halogens is 1. The Morgan fingerprint density at radius 2 is 1.89 bits per heavy atom. The first-order valence-electron chi connectivity index (χ1n) is 9.37. The molecule has 0 spiro atoms. The molecule has 1 aromatic heterocycles. The quantitative estimate of drug-likeness (QED) is 0.705. The van der Waals surface area contributed by atoms with Crippen LogP contribution in [0.4, 0.5) is 11.8 Å². The van der Waals surface area contributed by atoms with Gasteiger partial charge in [0.15, 0.2) is 0 Å². The second-order valence-corrected chi connectivity index (χ2v) is 8.00. The third-order valence-electron chi connectivity index (χ3n) is 4.91. The van der Waals surface area contributed by atoms with Crippen molar-refractivity contribution in [1.82, 2.24) is 15.3 Å². The van der Waals surface area contributed by atoms with Crippen LogP contribution in [-0.2, 0) is 0 Å². The number of aromatic nitrogens is 2. The first-order chi connectivity index (χ1) is 13.5. The number of nitrogens with zero attached hydrogens (tertiary/aromatic N) is 3. The van der Waals surface area contributed by atoms with Crippen molar-refractivity contribution in [1.29, 1.82) is 0 Å². The zero-order valence-electron chi connectivity index (χ0n) is 16.4. The van der Waals surface area contributed by atoms with Crippen LogP contribution in [0.25, 0.3) is 0 Å². The Bertz CT molecular complexity index is 822. The van der Waals surface area contributed by atoms with Crippen LogP contribution in [0.5, 0.6) is 5.75 Å². The molecule has 0 aliphatic heterocycles. The van der Waals surface area contributed by atoms with E-state index < -0.39 is 0 Å². The SMILES string of the molecule is COc1ccc(Br)c(C(=O)N[C@H]2CC[C@@H](Nc3nccc(N(C)C)n3)CC2)c1. The Balaban J connectivity index is 1.53. The number of amides is 1. The smallest absolute Gasteiger partial charge is 0.252 e. The van der Waals surface area contributed by atoms with Gasteiger partial charge >= 0.3 is 0 Å². The molecule has 0 radical (unpaired) electrons. The number of hydrogen-bond acceptors (Lipinski definition) is 6. The van der Waals surface area contributed by atoms with Gasteiger partial charge in [-0.05, 0) is 65.9 Å². The number of anilines is 2. The van der Waals surface area contributed by atoms with Gasteiger partial charge in [0.1, 0.15) is 11.6 Å². The molecule has 28 heavy (non-hydrogen) atoms. The van der Waals surface area contributed by atoms with Crippen molar-refractivity contribution in [2.75, 3.05) is 31.4 Å². The Morgan fingerprint density at radius 1 is 1.18 bits per heavy atom. The van der Waals surface area contributed by atoms with Gasteiger partial charge in [-0.1, -0.05) is 0 Å². The van der Waals surface area contributed by atoms with Crippen LogP contribution in [0, 0.1) is 0 Å². The van der Waals surface area contributed by atoms with Gasteiger partial charge in [0, 0.05) is 36.8 Å². The lowest BCUT2D eigenvalue weighted by Gasteiger charge is -2.30. The molecule has 150 valence electrons. The lowest BCUT2D eigenvalue weighted by molar-refractivity contribution is 0.0925. The minimum atomic E-state index is -0.0794. The first kappa shape index (κ1) is 20.4. The van der Waals surface area contributed by atoms with Crippen molar-refractivity contribution in [3.05, 3.63) is 40.5 Å². The molecule has 2 N–H and O–H groups in total. The van der Waals surface area contributed by atoms with Gasteiger partial charge in [-0.15, -0.1) is 0 Å². The summed E-state index contributed by atoms with van der Waals surface area (Å²) in [6.45, 7) is 0. The van der Waals surface area contributed by atoms with Crippen molar-refractivity contribution in [2.45, 2.75) is 37.8 Å². The highest BCUT2D eigenvalue weighted by Gasteiger charge is 2.24. The monoisotopic (exact) mass is 447 g/mol. The molecule has 1 aliphatic rings. The number of rotatable bonds is 6. The summed E-state index contributed by atoms with van der Waals surface area (Å²) in [5, 5.41) is 6.57. The van der Waals surface area contributed by atoms with Gasteiger partial charge in [0.2, 0.25) is 5.95 Å². The zero-order valence-corrected chi connectivity index (χ0v) is 18.0. The van der Waals surface area contributed by atoms with E-state index in [0.29, 0.717) is 23.3 Å².